The van der Waals surface area contributed by atoms with E-state index in [9.17, 15) is 8.42 Å². The molecule has 0 radical (unpaired) electrons. The number of H-pyrrole nitrogens is 1. The van der Waals surface area contributed by atoms with Crippen molar-refractivity contribution in [2.24, 2.45) is 17.8 Å². The Kier molecular flexibility index (Phi) is 5.70. The molecule has 2 fully saturated rings. The second-order valence-corrected chi connectivity index (χ2v) is 10.7. The summed E-state index contributed by atoms with van der Waals surface area (Å²) in [4.78, 5) is 0.298. The van der Waals surface area contributed by atoms with Crippen LogP contribution in [0.15, 0.2) is 29.2 Å². The summed E-state index contributed by atoms with van der Waals surface area (Å²) in [5.74, 6) is 2.97. The molecule has 2 aliphatic carbocycles. The maximum Gasteiger partial charge on any atom is 0.243 e. The van der Waals surface area contributed by atoms with Gasteiger partial charge in [0.25, 0.3) is 0 Å². The molecular weight excluding hydrogens is 404 g/mol. The largest absolute Gasteiger partial charge is 0.297 e. The molecule has 6 nitrogen and oxygen atoms in total. The summed E-state index contributed by atoms with van der Waals surface area (Å²) in [5, 5.41) is 7.43. The summed E-state index contributed by atoms with van der Waals surface area (Å²) < 4.78 is 30.1. The van der Waals surface area contributed by atoms with Crippen molar-refractivity contribution in [3.8, 4) is 11.4 Å². The average molecular weight is 435 g/mol. The second kappa shape index (κ2) is 7.96. The molecule has 4 rings (SSSR count). The summed E-state index contributed by atoms with van der Waals surface area (Å²) in [5.41, 5.74) is 0.778. The zero-order valence-electron chi connectivity index (χ0n) is 17.3. The Morgan fingerprint density at radius 1 is 1.28 bits per heavy atom. The molecule has 2 bridgehead atoms. The number of hydrogen-bond donors (Lipinski definition) is 1. The van der Waals surface area contributed by atoms with E-state index >= 15 is 0 Å². The molecule has 8 heteroatoms. The van der Waals surface area contributed by atoms with Gasteiger partial charge in [0.2, 0.25) is 10.0 Å². The van der Waals surface area contributed by atoms with Crippen LogP contribution in [0.1, 0.15) is 52.5 Å². The first-order chi connectivity index (χ1) is 13.9. The monoisotopic (exact) mass is 434 g/mol. The van der Waals surface area contributed by atoms with Crippen LogP contribution in [0.2, 0.25) is 0 Å². The summed E-state index contributed by atoms with van der Waals surface area (Å²) in [6.07, 6.45) is 5.28. The third-order valence-corrected chi connectivity index (χ3v) is 9.29. The van der Waals surface area contributed by atoms with Crippen molar-refractivity contribution in [3.05, 3.63) is 29.0 Å². The molecule has 29 heavy (non-hydrogen) atoms. The van der Waals surface area contributed by atoms with Gasteiger partial charge in [0.15, 0.2) is 10.6 Å². The van der Waals surface area contributed by atoms with Gasteiger partial charge in [-0.25, -0.2) is 8.42 Å². The van der Waals surface area contributed by atoms with Gasteiger partial charge in [0.05, 0.1) is 4.90 Å². The highest BCUT2D eigenvalue weighted by atomic mass is 32.2. The molecule has 1 aromatic heterocycles. The fraction of sp³-hybridized carbons (Fsp3) is 0.619. The number of nitrogens with one attached hydrogen (secondary N) is 1. The predicted molar refractivity (Wildman–Crippen MR) is 117 cm³/mol. The third-order valence-electron chi connectivity index (χ3n) is 6.96. The minimum atomic E-state index is -3.52. The van der Waals surface area contributed by atoms with E-state index < -0.39 is 10.0 Å². The molecule has 4 atom stereocenters. The highest BCUT2D eigenvalue weighted by Crippen LogP contribution is 2.52. The van der Waals surface area contributed by atoms with E-state index in [1.54, 1.807) is 18.2 Å². The van der Waals surface area contributed by atoms with E-state index in [1.165, 1.54) is 30.0 Å². The lowest BCUT2D eigenvalue weighted by atomic mass is 9.84. The number of benzene rings is 1. The van der Waals surface area contributed by atoms with Crippen molar-refractivity contribution >= 4 is 22.2 Å². The van der Waals surface area contributed by atoms with E-state index in [0.717, 1.165) is 23.2 Å². The normalized spacial score (nSPS) is 25.0. The first kappa shape index (κ1) is 20.8. The number of fused-ring (bicyclic) bond motifs is 2. The predicted octanol–water partition coefficient (Wildman–Crippen LogP) is 4.64. The van der Waals surface area contributed by atoms with Crippen molar-refractivity contribution < 1.29 is 8.42 Å². The molecule has 1 aromatic carbocycles. The molecule has 158 valence electrons. The van der Waals surface area contributed by atoms with Gasteiger partial charge in [-0.1, -0.05) is 32.4 Å². The molecule has 2 saturated carbocycles. The first-order valence-corrected chi connectivity index (χ1v) is 12.5. The molecular formula is C21H30N4O2S2. The zero-order valence-corrected chi connectivity index (χ0v) is 19.0. The van der Waals surface area contributed by atoms with E-state index in [4.69, 9.17) is 12.2 Å². The van der Waals surface area contributed by atoms with Crippen LogP contribution in [0.25, 0.3) is 11.4 Å². The number of rotatable bonds is 7. The molecule has 1 heterocycles. The standard InChI is InChI=1S/C21H30N4O2S2/c1-4-24(5-2)29(26,27)18-8-6-7-17(13-18)20-22-23-21(28)25(20)14(3)19-12-15-9-10-16(19)11-15/h6-8,13-16,19H,4-5,9-12H2,1-3H3,(H,23,28)/t14-,15-,16-,19+/m1/s1. The Balaban J connectivity index is 1.71. The lowest BCUT2D eigenvalue weighted by molar-refractivity contribution is 0.242. The van der Waals surface area contributed by atoms with Crippen LogP contribution in [0.5, 0.6) is 0 Å². The Morgan fingerprint density at radius 3 is 2.66 bits per heavy atom. The van der Waals surface area contributed by atoms with Gasteiger partial charge in [-0.3, -0.25) is 9.67 Å². The van der Waals surface area contributed by atoms with Crippen LogP contribution in [-0.4, -0.2) is 40.6 Å². The minimum Gasteiger partial charge on any atom is -0.297 e. The molecule has 0 aliphatic heterocycles. The summed E-state index contributed by atoms with van der Waals surface area (Å²) in [6.45, 7) is 6.84. The molecule has 1 N–H and O–H groups in total. The molecule has 0 unspecified atom stereocenters. The number of sulfonamides is 1. The van der Waals surface area contributed by atoms with Gasteiger partial charge in [0, 0.05) is 24.7 Å². The summed E-state index contributed by atoms with van der Waals surface area (Å²) >= 11 is 5.57. The smallest absolute Gasteiger partial charge is 0.243 e. The van der Waals surface area contributed by atoms with Crippen LogP contribution in [0, 0.1) is 22.5 Å². The molecule has 2 aromatic rings. The van der Waals surface area contributed by atoms with E-state index in [2.05, 4.69) is 21.7 Å². The topological polar surface area (TPSA) is 71.0 Å². The number of aromatic nitrogens is 3. The van der Waals surface area contributed by atoms with Crippen LogP contribution in [0.4, 0.5) is 0 Å². The van der Waals surface area contributed by atoms with Crippen molar-refractivity contribution in [1.82, 2.24) is 19.1 Å². The third kappa shape index (κ3) is 3.59. The quantitative estimate of drug-likeness (QED) is 0.645. The number of nitrogens with zero attached hydrogens (tertiary/aromatic N) is 3. The molecule has 0 amide bonds. The zero-order chi connectivity index (χ0) is 20.8. The Hall–Kier alpha value is -1.51. The highest BCUT2D eigenvalue weighted by molar-refractivity contribution is 7.89. The minimum absolute atomic E-state index is 0.245. The van der Waals surface area contributed by atoms with Crippen LogP contribution < -0.4 is 0 Å². The average Bonchev–Trinajstić information content (AvgIpc) is 3.44. The van der Waals surface area contributed by atoms with Crippen molar-refractivity contribution in [2.75, 3.05) is 13.1 Å². The van der Waals surface area contributed by atoms with Gasteiger partial charge in [0.1, 0.15) is 0 Å². The van der Waals surface area contributed by atoms with E-state index in [1.807, 2.05) is 19.9 Å². The molecule has 0 saturated heterocycles. The lowest BCUT2D eigenvalue weighted by Gasteiger charge is -2.29. The van der Waals surface area contributed by atoms with Crippen LogP contribution in [-0.2, 0) is 10.0 Å². The maximum atomic E-state index is 13.0. The van der Waals surface area contributed by atoms with Gasteiger partial charge in [-0.05, 0) is 68.3 Å². The summed E-state index contributed by atoms with van der Waals surface area (Å²) in [7, 11) is -3.52. The van der Waals surface area contributed by atoms with Crippen molar-refractivity contribution in [1.29, 1.82) is 0 Å². The van der Waals surface area contributed by atoms with Crippen LogP contribution >= 0.6 is 12.2 Å². The second-order valence-electron chi connectivity index (χ2n) is 8.42. The Bertz CT molecular complexity index is 1040. The SMILES string of the molecule is CCN(CC)S(=O)(=O)c1cccc(-c2n[nH]c(=S)n2[C@H](C)[C@@H]2C[C@@H]3CC[C@@H]2C3)c1. The van der Waals surface area contributed by atoms with Gasteiger partial charge >= 0.3 is 0 Å². The molecule has 0 spiro atoms. The van der Waals surface area contributed by atoms with Crippen molar-refractivity contribution in [3.63, 3.8) is 0 Å². The lowest BCUT2D eigenvalue weighted by Crippen LogP contribution is -2.30. The number of aromatic amines is 1. The molecule has 2 aliphatic rings. The van der Waals surface area contributed by atoms with Crippen molar-refractivity contribution in [2.45, 2.75) is 57.4 Å². The van der Waals surface area contributed by atoms with E-state index in [0.29, 0.717) is 28.7 Å². The maximum absolute atomic E-state index is 13.0. The van der Waals surface area contributed by atoms with Crippen LogP contribution in [0.3, 0.4) is 0 Å². The fourth-order valence-electron chi connectivity index (χ4n) is 5.47. The van der Waals surface area contributed by atoms with Gasteiger partial charge in [-0.15, -0.1) is 0 Å². The highest BCUT2D eigenvalue weighted by Gasteiger charge is 2.43. The Labute approximate surface area is 178 Å². The number of hydrogen-bond acceptors (Lipinski definition) is 4. The first-order valence-electron chi connectivity index (χ1n) is 10.6. The van der Waals surface area contributed by atoms with Gasteiger partial charge < -0.3 is 0 Å². The Morgan fingerprint density at radius 2 is 2.03 bits per heavy atom. The summed E-state index contributed by atoms with van der Waals surface area (Å²) in [6, 6.07) is 7.33. The van der Waals surface area contributed by atoms with Gasteiger partial charge in [-0.2, -0.15) is 9.40 Å². The van der Waals surface area contributed by atoms with E-state index in [-0.39, 0.29) is 6.04 Å². The fourth-order valence-corrected chi connectivity index (χ4v) is 7.27.